The van der Waals surface area contributed by atoms with Crippen LogP contribution in [0.5, 0.6) is 0 Å². The number of benzene rings is 3. The molecule has 1 aromatic heterocycles. The van der Waals surface area contributed by atoms with Crippen LogP contribution in [0.3, 0.4) is 0 Å². The van der Waals surface area contributed by atoms with Gasteiger partial charge in [0.2, 0.25) is 5.91 Å². The zero-order chi connectivity index (χ0) is 29.8. The number of rotatable bonds is 11. The van der Waals surface area contributed by atoms with E-state index in [9.17, 15) is 22.8 Å². The van der Waals surface area contributed by atoms with Crippen LogP contribution in [0, 0.1) is 0 Å². The third kappa shape index (κ3) is 9.90. The Morgan fingerprint density at radius 2 is 1.59 bits per heavy atom. The molecule has 0 aliphatic carbocycles. The van der Waals surface area contributed by atoms with Gasteiger partial charge in [-0.2, -0.15) is 13.2 Å². The molecule has 3 aromatic carbocycles. The molecular formula is C31H32F3N3O4. The van der Waals surface area contributed by atoms with Gasteiger partial charge in [-0.3, -0.25) is 4.79 Å². The molecule has 1 atom stereocenters. The normalized spacial score (nSPS) is 11.8. The number of hydrogen-bond acceptors (Lipinski definition) is 4. The van der Waals surface area contributed by atoms with E-state index in [0.29, 0.717) is 12.8 Å². The third-order valence-corrected chi connectivity index (χ3v) is 6.34. The van der Waals surface area contributed by atoms with Crippen LogP contribution in [0.15, 0.2) is 79.0 Å². The number of imidazole rings is 1. The minimum absolute atomic E-state index is 0.0252. The van der Waals surface area contributed by atoms with Crippen LogP contribution >= 0.6 is 0 Å². The van der Waals surface area contributed by atoms with Crippen LogP contribution in [0.2, 0.25) is 0 Å². The summed E-state index contributed by atoms with van der Waals surface area (Å²) in [6.07, 6.45) is 1.16. The van der Waals surface area contributed by atoms with E-state index in [1.807, 2.05) is 60.8 Å². The van der Waals surface area contributed by atoms with Crippen molar-refractivity contribution >= 4 is 28.4 Å². The summed E-state index contributed by atoms with van der Waals surface area (Å²) in [6.45, 7) is 1.63. The molecule has 1 amide bonds. The minimum atomic E-state index is -5.08. The molecule has 0 saturated carbocycles. The van der Waals surface area contributed by atoms with Crippen LogP contribution in [0.4, 0.5) is 13.2 Å². The molecule has 7 nitrogen and oxygen atoms in total. The van der Waals surface area contributed by atoms with Gasteiger partial charge in [0.1, 0.15) is 11.6 Å². The fraction of sp³-hybridized carbons (Fsp3) is 0.290. The van der Waals surface area contributed by atoms with Crippen molar-refractivity contribution in [3.8, 4) is 11.3 Å². The number of nitrogens with one attached hydrogen (secondary N) is 2. The maximum Gasteiger partial charge on any atom is 0.490 e. The van der Waals surface area contributed by atoms with Crippen molar-refractivity contribution in [2.45, 2.75) is 57.7 Å². The molecular weight excluding hydrogens is 535 g/mol. The highest BCUT2D eigenvalue weighted by atomic mass is 19.4. The lowest BCUT2D eigenvalue weighted by Crippen LogP contribution is -2.30. The quantitative estimate of drug-likeness (QED) is 0.173. The second-order valence-electron chi connectivity index (χ2n) is 9.59. The van der Waals surface area contributed by atoms with Gasteiger partial charge in [0.15, 0.2) is 0 Å². The molecule has 4 aromatic rings. The highest BCUT2D eigenvalue weighted by Gasteiger charge is 2.38. The summed E-state index contributed by atoms with van der Waals surface area (Å²) < 4.78 is 31.7. The number of aliphatic carboxylic acids is 1. The van der Waals surface area contributed by atoms with Gasteiger partial charge in [0.25, 0.3) is 0 Å². The molecule has 0 radical (unpaired) electrons. The zero-order valence-corrected chi connectivity index (χ0v) is 22.6. The first-order valence-corrected chi connectivity index (χ1v) is 13.2. The molecule has 0 unspecified atom stereocenters. The van der Waals surface area contributed by atoms with Gasteiger partial charge in [0.05, 0.1) is 24.4 Å². The highest BCUT2D eigenvalue weighted by molar-refractivity contribution is 5.90. The number of fused-ring (bicyclic) bond motifs is 1. The van der Waals surface area contributed by atoms with E-state index in [1.165, 1.54) is 0 Å². The Kier molecular flexibility index (Phi) is 11.2. The second-order valence-corrected chi connectivity index (χ2v) is 9.59. The van der Waals surface area contributed by atoms with Crippen molar-refractivity contribution in [2.75, 3.05) is 0 Å². The number of carboxylic acid groups (broad SMARTS) is 1. The van der Waals surface area contributed by atoms with Gasteiger partial charge >= 0.3 is 12.1 Å². The lowest BCUT2D eigenvalue weighted by molar-refractivity contribution is -0.192. The van der Waals surface area contributed by atoms with E-state index < -0.39 is 12.1 Å². The smallest absolute Gasteiger partial charge is 0.475 e. The Morgan fingerprint density at radius 3 is 2.27 bits per heavy atom. The van der Waals surface area contributed by atoms with Crippen molar-refractivity contribution in [3.63, 3.8) is 0 Å². The number of halogens is 3. The lowest BCUT2D eigenvalue weighted by atomic mass is 10.0. The summed E-state index contributed by atoms with van der Waals surface area (Å²) in [5, 5.41) is 12.6. The third-order valence-electron chi connectivity index (χ3n) is 6.34. The van der Waals surface area contributed by atoms with Gasteiger partial charge in [-0.1, -0.05) is 85.6 Å². The van der Waals surface area contributed by atoms with Crippen molar-refractivity contribution in [1.29, 1.82) is 0 Å². The average Bonchev–Trinajstić information content (AvgIpc) is 3.43. The monoisotopic (exact) mass is 567 g/mol. The highest BCUT2D eigenvalue weighted by Crippen LogP contribution is 2.24. The first-order valence-electron chi connectivity index (χ1n) is 13.2. The first-order chi connectivity index (χ1) is 19.5. The van der Waals surface area contributed by atoms with Crippen molar-refractivity contribution in [2.24, 2.45) is 0 Å². The number of amides is 1. The number of ketones is 1. The SMILES string of the molecule is CC(=O)CCCCC[C@H](NC(=O)Cc1cccc2ccccc12)c1ncc(-c2ccccc2)[nH]1.O=C(O)C(F)(F)F. The number of carbonyl (C=O) groups is 3. The predicted octanol–water partition coefficient (Wildman–Crippen LogP) is 6.80. The molecule has 0 fully saturated rings. The number of carbonyl (C=O) groups excluding carboxylic acids is 2. The summed E-state index contributed by atoms with van der Waals surface area (Å²) in [7, 11) is 0. The number of alkyl halides is 3. The maximum absolute atomic E-state index is 13.1. The molecule has 41 heavy (non-hydrogen) atoms. The van der Waals surface area contributed by atoms with Gasteiger partial charge < -0.3 is 20.2 Å². The number of H-pyrrole nitrogens is 1. The first kappa shape index (κ1) is 31.1. The maximum atomic E-state index is 13.1. The van der Waals surface area contributed by atoms with Gasteiger partial charge in [-0.05, 0) is 41.7 Å². The summed E-state index contributed by atoms with van der Waals surface area (Å²) >= 11 is 0. The minimum Gasteiger partial charge on any atom is -0.475 e. The van der Waals surface area contributed by atoms with Crippen molar-refractivity contribution in [1.82, 2.24) is 15.3 Å². The van der Waals surface area contributed by atoms with Crippen molar-refractivity contribution in [3.05, 3.63) is 90.4 Å². The zero-order valence-electron chi connectivity index (χ0n) is 22.6. The van der Waals surface area contributed by atoms with Crippen LogP contribution in [-0.4, -0.2) is 38.9 Å². The lowest BCUT2D eigenvalue weighted by Gasteiger charge is -2.17. The Bertz CT molecular complexity index is 1450. The molecule has 4 rings (SSSR count). The number of unbranched alkanes of at least 4 members (excludes halogenated alkanes) is 2. The summed E-state index contributed by atoms with van der Waals surface area (Å²) in [5.41, 5.74) is 3.00. The van der Waals surface area contributed by atoms with E-state index in [4.69, 9.17) is 9.90 Å². The van der Waals surface area contributed by atoms with Crippen LogP contribution in [-0.2, 0) is 20.8 Å². The number of aromatic nitrogens is 2. The molecule has 0 aliphatic heterocycles. The van der Waals surface area contributed by atoms with Crippen LogP contribution in [0.25, 0.3) is 22.0 Å². The van der Waals surface area contributed by atoms with E-state index in [2.05, 4.69) is 33.5 Å². The molecule has 0 aliphatic rings. The summed E-state index contributed by atoms with van der Waals surface area (Å²) in [5.74, 6) is -1.80. The fourth-order valence-electron chi connectivity index (χ4n) is 4.32. The standard InChI is InChI=1S/C29H31N3O2.C2HF3O2/c1-21(33)11-4-2-7-18-26(29-30-20-27(32-29)23-13-5-3-6-14-23)31-28(34)19-24-16-10-15-22-12-8-9-17-25(22)24;3-2(4,5)1(6)7/h3,5-6,8-10,12-17,20,26H,2,4,7,11,18-19H2,1H3,(H,30,32)(H,31,34);(H,6,7)/t26-;/m0./s1. The summed E-state index contributed by atoms with van der Waals surface area (Å²) in [6, 6.07) is 24.0. The van der Waals surface area contributed by atoms with Gasteiger partial charge in [-0.25, -0.2) is 9.78 Å². The molecule has 1 heterocycles. The number of aromatic amines is 1. The molecule has 216 valence electrons. The second kappa shape index (κ2) is 14.8. The predicted molar refractivity (Wildman–Crippen MR) is 150 cm³/mol. The van der Waals surface area contributed by atoms with Gasteiger partial charge in [-0.15, -0.1) is 0 Å². The van der Waals surface area contributed by atoms with E-state index in [-0.39, 0.29) is 17.7 Å². The molecule has 0 saturated heterocycles. The fourth-order valence-corrected chi connectivity index (χ4v) is 4.32. The number of hydrogen-bond donors (Lipinski definition) is 3. The Balaban J connectivity index is 0.000000587. The Morgan fingerprint density at radius 1 is 0.927 bits per heavy atom. The Hall–Kier alpha value is -4.47. The molecule has 10 heteroatoms. The molecule has 3 N–H and O–H groups in total. The van der Waals surface area contributed by atoms with Crippen molar-refractivity contribution < 1.29 is 32.7 Å². The number of carboxylic acids is 1. The largest absolute Gasteiger partial charge is 0.490 e. The van der Waals surface area contributed by atoms with Crippen LogP contribution < -0.4 is 5.32 Å². The molecule has 0 bridgehead atoms. The van der Waals surface area contributed by atoms with E-state index >= 15 is 0 Å². The Labute approximate surface area is 235 Å². The summed E-state index contributed by atoms with van der Waals surface area (Å²) in [4.78, 5) is 41.2. The average molecular weight is 568 g/mol. The number of nitrogens with zero attached hydrogens (tertiary/aromatic N) is 1. The molecule has 0 spiro atoms. The van der Waals surface area contributed by atoms with Crippen LogP contribution in [0.1, 0.15) is 56.5 Å². The van der Waals surface area contributed by atoms with E-state index in [0.717, 1.165) is 59.1 Å². The number of Topliss-reactive ketones (excluding diaryl/α,β-unsaturated/α-hetero) is 1. The van der Waals surface area contributed by atoms with Gasteiger partial charge in [0, 0.05) is 6.42 Å². The van der Waals surface area contributed by atoms with E-state index in [1.54, 1.807) is 6.92 Å². The topological polar surface area (TPSA) is 112 Å².